The van der Waals surface area contributed by atoms with Crippen LogP contribution in [-0.4, -0.2) is 29.9 Å². The monoisotopic (exact) mass is 356 g/mol. The van der Waals surface area contributed by atoms with E-state index in [0.717, 1.165) is 30.6 Å². The van der Waals surface area contributed by atoms with Gasteiger partial charge in [-0.15, -0.1) is 12.4 Å². The number of carbonyl (C=O) groups is 1. The molecule has 0 bridgehead atoms. The summed E-state index contributed by atoms with van der Waals surface area (Å²) >= 11 is 0. The predicted molar refractivity (Wildman–Crippen MR) is 104 cm³/mol. The fourth-order valence-corrected chi connectivity index (χ4v) is 4.25. The van der Waals surface area contributed by atoms with Crippen molar-refractivity contribution >= 4 is 18.3 Å². The Morgan fingerprint density at radius 1 is 1.12 bits per heavy atom. The Bertz CT molecular complexity index is 775. The molecule has 2 atom stereocenters. The van der Waals surface area contributed by atoms with E-state index in [4.69, 9.17) is 0 Å². The van der Waals surface area contributed by atoms with E-state index in [9.17, 15) is 4.79 Å². The summed E-state index contributed by atoms with van der Waals surface area (Å²) in [6.07, 6.45) is 1.01. The van der Waals surface area contributed by atoms with Crippen molar-refractivity contribution in [3.05, 3.63) is 70.3 Å². The molecule has 0 aliphatic carbocycles. The van der Waals surface area contributed by atoms with Crippen LogP contribution in [0.25, 0.3) is 0 Å². The van der Waals surface area contributed by atoms with Crippen molar-refractivity contribution in [3.63, 3.8) is 0 Å². The van der Waals surface area contributed by atoms with Crippen LogP contribution in [0.2, 0.25) is 0 Å². The molecule has 1 amide bonds. The summed E-state index contributed by atoms with van der Waals surface area (Å²) in [4.78, 5) is 15.4. The molecule has 2 aromatic rings. The first-order valence-corrected chi connectivity index (χ1v) is 8.88. The SMILES string of the molecule is CCc1cc(C)c2c(c1)[C@H]1CNC[C@@H]1N(Cc1ccccc1)C2=O.Cl. The molecule has 1 fully saturated rings. The maximum Gasteiger partial charge on any atom is 0.255 e. The second-order valence-electron chi connectivity index (χ2n) is 6.98. The molecule has 0 aromatic heterocycles. The highest BCUT2D eigenvalue weighted by Crippen LogP contribution is 2.38. The number of aryl methyl sites for hydroxylation is 2. The lowest BCUT2D eigenvalue weighted by Crippen LogP contribution is -2.48. The lowest BCUT2D eigenvalue weighted by atomic mass is 9.81. The summed E-state index contributed by atoms with van der Waals surface area (Å²) in [5, 5.41) is 3.50. The molecule has 0 radical (unpaired) electrons. The molecule has 0 saturated carbocycles. The van der Waals surface area contributed by atoms with Gasteiger partial charge in [0.2, 0.25) is 0 Å². The van der Waals surface area contributed by atoms with Crippen molar-refractivity contribution in [2.45, 2.75) is 38.8 Å². The Balaban J connectivity index is 0.00000182. The molecule has 0 unspecified atom stereocenters. The molecule has 2 aromatic carbocycles. The zero-order valence-corrected chi connectivity index (χ0v) is 15.6. The summed E-state index contributed by atoms with van der Waals surface area (Å²) in [6, 6.07) is 15.0. The van der Waals surface area contributed by atoms with Gasteiger partial charge in [0.15, 0.2) is 0 Å². The van der Waals surface area contributed by atoms with Gasteiger partial charge in [-0.2, -0.15) is 0 Å². The summed E-state index contributed by atoms with van der Waals surface area (Å²) in [6.45, 7) is 6.80. The van der Waals surface area contributed by atoms with E-state index in [1.165, 1.54) is 16.7 Å². The van der Waals surface area contributed by atoms with Crippen LogP contribution in [-0.2, 0) is 13.0 Å². The number of fused-ring (bicyclic) bond motifs is 3. The molecule has 4 heteroatoms. The summed E-state index contributed by atoms with van der Waals surface area (Å²) in [7, 11) is 0. The van der Waals surface area contributed by atoms with Crippen LogP contribution in [0.5, 0.6) is 0 Å². The lowest BCUT2D eigenvalue weighted by molar-refractivity contribution is 0.0629. The highest BCUT2D eigenvalue weighted by atomic mass is 35.5. The summed E-state index contributed by atoms with van der Waals surface area (Å²) in [5.74, 6) is 0.602. The van der Waals surface area contributed by atoms with Gasteiger partial charge in [-0.05, 0) is 35.6 Å². The standard InChI is InChI=1S/C21H24N2O.ClH/c1-3-15-9-14(2)20-17(10-15)18-11-22-12-19(18)23(21(20)24)13-16-7-5-4-6-8-16;/h4-10,18-19,22H,3,11-13H2,1-2H3;1H/t18-,19+;/m1./s1. The molecule has 2 heterocycles. The van der Waals surface area contributed by atoms with Crippen LogP contribution >= 0.6 is 12.4 Å². The Labute approximate surface area is 155 Å². The quantitative estimate of drug-likeness (QED) is 0.909. The van der Waals surface area contributed by atoms with Crippen molar-refractivity contribution in [2.24, 2.45) is 0 Å². The minimum atomic E-state index is 0. The Morgan fingerprint density at radius 2 is 1.88 bits per heavy atom. The third-order valence-electron chi connectivity index (χ3n) is 5.49. The van der Waals surface area contributed by atoms with Crippen molar-refractivity contribution in [1.82, 2.24) is 10.2 Å². The molecule has 0 spiro atoms. The fraction of sp³-hybridized carbons (Fsp3) is 0.381. The first-order chi connectivity index (χ1) is 11.7. The van der Waals surface area contributed by atoms with Crippen molar-refractivity contribution < 1.29 is 4.79 Å². The number of amides is 1. The normalized spacial score (nSPS) is 21.5. The van der Waals surface area contributed by atoms with E-state index in [0.29, 0.717) is 12.5 Å². The topological polar surface area (TPSA) is 32.3 Å². The minimum Gasteiger partial charge on any atom is -0.329 e. The van der Waals surface area contributed by atoms with Gasteiger partial charge in [-0.3, -0.25) is 4.79 Å². The molecule has 4 rings (SSSR count). The molecule has 2 aliphatic rings. The molecular weight excluding hydrogens is 332 g/mol. The van der Waals surface area contributed by atoms with Gasteiger partial charge in [0.25, 0.3) is 5.91 Å². The molecule has 132 valence electrons. The first kappa shape index (κ1) is 18.0. The van der Waals surface area contributed by atoms with E-state index >= 15 is 0 Å². The number of carbonyl (C=O) groups excluding carboxylic acids is 1. The van der Waals surface area contributed by atoms with Crippen molar-refractivity contribution in [1.29, 1.82) is 0 Å². The minimum absolute atomic E-state index is 0. The second-order valence-corrected chi connectivity index (χ2v) is 6.98. The Morgan fingerprint density at radius 3 is 2.60 bits per heavy atom. The van der Waals surface area contributed by atoms with Crippen molar-refractivity contribution in [3.8, 4) is 0 Å². The van der Waals surface area contributed by atoms with Crippen LogP contribution in [0.1, 0.15) is 45.5 Å². The zero-order chi connectivity index (χ0) is 16.7. The van der Waals surface area contributed by atoms with Gasteiger partial charge in [-0.1, -0.05) is 49.4 Å². The van der Waals surface area contributed by atoms with Crippen LogP contribution < -0.4 is 5.32 Å². The number of nitrogens with zero attached hydrogens (tertiary/aromatic N) is 1. The van der Waals surface area contributed by atoms with Gasteiger partial charge >= 0.3 is 0 Å². The molecular formula is C21H25ClN2O. The van der Waals surface area contributed by atoms with Gasteiger partial charge in [-0.25, -0.2) is 0 Å². The Kier molecular flexibility index (Phi) is 5.16. The number of nitrogens with one attached hydrogen (secondary N) is 1. The average Bonchev–Trinajstić information content (AvgIpc) is 3.08. The highest BCUT2D eigenvalue weighted by molar-refractivity contribution is 5.99. The van der Waals surface area contributed by atoms with Gasteiger partial charge in [0.05, 0.1) is 6.04 Å². The maximum atomic E-state index is 13.3. The van der Waals surface area contributed by atoms with Gasteiger partial charge < -0.3 is 10.2 Å². The number of hydrogen-bond donors (Lipinski definition) is 1. The van der Waals surface area contributed by atoms with Gasteiger partial charge in [0.1, 0.15) is 0 Å². The third kappa shape index (κ3) is 3.07. The molecule has 2 aliphatic heterocycles. The van der Waals surface area contributed by atoms with E-state index in [2.05, 4.69) is 48.3 Å². The highest BCUT2D eigenvalue weighted by Gasteiger charge is 2.42. The zero-order valence-electron chi connectivity index (χ0n) is 14.8. The van der Waals surface area contributed by atoms with Crippen molar-refractivity contribution in [2.75, 3.05) is 13.1 Å². The first-order valence-electron chi connectivity index (χ1n) is 8.88. The average molecular weight is 357 g/mol. The molecule has 25 heavy (non-hydrogen) atoms. The van der Waals surface area contributed by atoms with E-state index < -0.39 is 0 Å². The predicted octanol–water partition coefficient (Wildman–Crippen LogP) is 3.69. The maximum absolute atomic E-state index is 13.3. The smallest absolute Gasteiger partial charge is 0.255 e. The number of benzene rings is 2. The Hall–Kier alpha value is -1.84. The van der Waals surface area contributed by atoms with Crippen LogP contribution in [0.4, 0.5) is 0 Å². The lowest BCUT2D eigenvalue weighted by Gasteiger charge is -2.39. The van der Waals surface area contributed by atoms with Crippen LogP contribution in [0, 0.1) is 6.92 Å². The van der Waals surface area contributed by atoms with Crippen LogP contribution in [0.15, 0.2) is 42.5 Å². The number of halogens is 1. The second kappa shape index (κ2) is 7.19. The molecule has 1 saturated heterocycles. The fourth-order valence-electron chi connectivity index (χ4n) is 4.25. The summed E-state index contributed by atoms with van der Waals surface area (Å²) < 4.78 is 0. The van der Waals surface area contributed by atoms with E-state index in [1.807, 2.05) is 18.2 Å². The van der Waals surface area contributed by atoms with Crippen LogP contribution in [0.3, 0.4) is 0 Å². The third-order valence-corrected chi connectivity index (χ3v) is 5.49. The molecule has 3 nitrogen and oxygen atoms in total. The van der Waals surface area contributed by atoms with E-state index in [-0.39, 0.29) is 24.4 Å². The number of rotatable bonds is 3. The van der Waals surface area contributed by atoms with E-state index in [1.54, 1.807) is 0 Å². The molecule has 1 N–H and O–H groups in total. The van der Waals surface area contributed by atoms with Gasteiger partial charge in [0, 0.05) is 31.1 Å². The summed E-state index contributed by atoms with van der Waals surface area (Å²) in [5.41, 5.74) is 5.85. The largest absolute Gasteiger partial charge is 0.329 e. The number of hydrogen-bond acceptors (Lipinski definition) is 2.